The first-order valence-electron chi connectivity index (χ1n) is 7.78. The molecule has 0 aliphatic heterocycles. The molecule has 1 heterocycles. The van der Waals surface area contributed by atoms with Gasteiger partial charge in [0.2, 0.25) is 0 Å². The van der Waals surface area contributed by atoms with Crippen molar-refractivity contribution in [2.75, 3.05) is 0 Å². The largest absolute Gasteiger partial charge is 0.241 e. The molecule has 1 nitrogen and oxygen atoms in total. The van der Waals surface area contributed by atoms with Gasteiger partial charge in [0, 0.05) is 5.02 Å². The minimum atomic E-state index is 0.849. The van der Waals surface area contributed by atoms with Gasteiger partial charge in [-0.15, -0.1) is 11.3 Å². The van der Waals surface area contributed by atoms with Crippen molar-refractivity contribution in [2.24, 2.45) is 5.92 Å². The fourth-order valence-electron chi connectivity index (χ4n) is 2.13. The average molecular weight is 312 g/mol. The van der Waals surface area contributed by atoms with Crippen molar-refractivity contribution in [2.45, 2.75) is 60.3 Å². The molecule has 0 amide bonds. The van der Waals surface area contributed by atoms with Gasteiger partial charge in [0.25, 0.3) is 0 Å². The first-order chi connectivity index (χ1) is 9.72. The van der Waals surface area contributed by atoms with Crippen LogP contribution >= 0.6 is 22.9 Å². The predicted molar refractivity (Wildman–Crippen MR) is 93.1 cm³/mol. The van der Waals surface area contributed by atoms with E-state index in [0.717, 1.165) is 22.4 Å². The first-order valence-corrected chi connectivity index (χ1v) is 8.97. The first kappa shape index (κ1) is 17.5. The predicted octanol–water partition coefficient (Wildman–Crippen LogP) is 6.65. The van der Waals surface area contributed by atoms with Gasteiger partial charge in [-0.3, -0.25) is 0 Å². The summed E-state index contributed by atoms with van der Waals surface area (Å²) >= 11 is 7.88. The molecule has 1 saturated carbocycles. The summed E-state index contributed by atoms with van der Waals surface area (Å²) in [7, 11) is 0. The summed E-state index contributed by atoms with van der Waals surface area (Å²) in [6, 6.07) is 4.12. The normalized spacial score (nSPS) is 13.3. The Hall–Kier alpha value is -0.600. The van der Waals surface area contributed by atoms with Crippen LogP contribution in [0, 0.1) is 12.8 Å². The van der Waals surface area contributed by atoms with E-state index in [9.17, 15) is 0 Å². The van der Waals surface area contributed by atoms with Crippen LogP contribution < -0.4 is 0 Å². The number of halogens is 1. The summed E-state index contributed by atoms with van der Waals surface area (Å²) in [4.78, 5) is 4.61. The van der Waals surface area contributed by atoms with Crippen LogP contribution in [0.4, 0.5) is 0 Å². The van der Waals surface area contributed by atoms with Crippen LogP contribution in [0.3, 0.4) is 0 Å². The lowest BCUT2D eigenvalue weighted by Gasteiger charge is -2.02. The Morgan fingerprint density at radius 3 is 2.45 bits per heavy atom. The minimum absolute atomic E-state index is 0.849. The maximum absolute atomic E-state index is 6.14. The maximum Gasteiger partial charge on any atom is 0.0907 e. The van der Waals surface area contributed by atoms with Gasteiger partial charge < -0.3 is 0 Å². The number of rotatable bonds is 3. The molecule has 1 aromatic heterocycles. The van der Waals surface area contributed by atoms with Crippen LogP contribution in [-0.4, -0.2) is 4.98 Å². The van der Waals surface area contributed by atoms with Crippen LogP contribution in [0.5, 0.6) is 0 Å². The molecule has 0 saturated heterocycles. The van der Waals surface area contributed by atoms with Crippen LogP contribution in [0.1, 0.15) is 57.5 Å². The second-order valence-corrected chi connectivity index (χ2v) is 6.30. The molecule has 2 aromatic rings. The fourth-order valence-corrected chi connectivity index (χ4v) is 3.35. The molecular formula is C17H26ClNS. The summed E-state index contributed by atoms with van der Waals surface area (Å²) < 4.78 is 1.23. The Kier molecular flexibility index (Phi) is 7.53. The van der Waals surface area contributed by atoms with E-state index in [-0.39, 0.29) is 0 Å². The number of hydrogen-bond acceptors (Lipinski definition) is 2. The smallest absolute Gasteiger partial charge is 0.0907 e. The zero-order valence-corrected chi connectivity index (χ0v) is 14.9. The molecule has 1 aliphatic rings. The zero-order valence-electron chi connectivity index (χ0n) is 13.3. The minimum Gasteiger partial charge on any atom is -0.241 e. The highest BCUT2D eigenvalue weighted by Crippen LogP contribution is 2.35. The highest BCUT2D eigenvalue weighted by atomic mass is 35.5. The van der Waals surface area contributed by atoms with E-state index >= 15 is 0 Å². The van der Waals surface area contributed by atoms with Crippen molar-refractivity contribution in [1.29, 1.82) is 0 Å². The van der Waals surface area contributed by atoms with Crippen molar-refractivity contribution >= 4 is 33.2 Å². The van der Waals surface area contributed by atoms with E-state index < -0.39 is 0 Å². The molecule has 0 unspecified atom stereocenters. The summed E-state index contributed by atoms with van der Waals surface area (Å²) in [5.74, 6) is 0.966. The molecule has 0 bridgehead atoms. The number of aryl methyl sites for hydroxylation is 2. The Balaban J connectivity index is 0.000000461. The summed E-state index contributed by atoms with van der Waals surface area (Å²) in [6.07, 6.45) is 5.26. The molecule has 3 heteroatoms. The standard InChI is InChI=1S/C13H14ClNS.2C2H6/c1-8-15-13-10(5-4-9-2-3-9)6-11(14)7-12(13)16-8;2*1-2/h6-7,9H,2-5H2,1H3;2*1-2H3. The van der Waals surface area contributed by atoms with Gasteiger partial charge in [0.15, 0.2) is 0 Å². The summed E-state index contributed by atoms with van der Waals surface area (Å²) in [5.41, 5.74) is 2.51. The molecule has 1 aromatic carbocycles. The average Bonchev–Trinajstić information content (AvgIpc) is 3.21. The van der Waals surface area contributed by atoms with Crippen LogP contribution in [0.25, 0.3) is 10.2 Å². The van der Waals surface area contributed by atoms with Crippen molar-refractivity contribution in [3.8, 4) is 0 Å². The highest BCUT2D eigenvalue weighted by molar-refractivity contribution is 7.18. The highest BCUT2D eigenvalue weighted by Gasteiger charge is 2.21. The van der Waals surface area contributed by atoms with Gasteiger partial charge in [-0.1, -0.05) is 52.1 Å². The number of nitrogens with zero attached hydrogens (tertiary/aromatic N) is 1. The van der Waals surface area contributed by atoms with Crippen LogP contribution in [0.2, 0.25) is 5.02 Å². The third kappa shape index (κ3) is 4.75. The Morgan fingerprint density at radius 2 is 1.85 bits per heavy atom. The van der Waals surface area contributed by atoms with Crippen LogP contribution in [-0.2, 0) is 6.42 Å². The molecule has 1 aliphatic carbocycles. The molecule has 1 fully saturated rings. The van der Waals surface area contributed by atoms with Crippen molar-refractivity contribution < 1.29 is 0 Å². The summed E-state index contributed by atoms with van der Waals surface area (Å²) in [5, 5.41) is 1.98. The maximum atomic E-state index is 6.14. The van der Waals surface area contributed by atoms with Gasteiger partial charge in [-0.25, -0.2) is 4.98 Å². The van der Waals surface area contributed by atoms with E-state index in [1.54, 1.807) is 11.3 Å². The third-order valence-corrected chi connectivity index (χ3v) is 4.30. The van der Waals surface area contributed by atoms with Gasteiger partial charge in [-0.05, 0) is 43.4 Å². The van der Waals surface area contributed by atoms with Crippen LogP contribution in [0.15, 0.2) is 12.1 Å². The molecule has 0 atom stereocenters. The Bertz CT molecular complexity index is 529. The van der Waals surface area contributed by atoms with Gasteiger partial charge in [0.05, 0.1) is 15.2 Å². The van der Waals surface area contributed by atoms with E-state index in [4.69, 9.17) is 11.6 Å². The third-order valence-electron chi connectivity index (χ3n) is 3.16. The number of hydrogen-bond donors (Lipinski definition) is 0. The number of aromatic nitrogens is 1. The zero-order chi connectivity index (χ0) is 15.1. The Morgan fingerprint density at radius 1 is 1.20 bits per heavy atom. The molecule has 112 valence electrons. The summed E-state index contributed by atoms with van der Waals surface area (Å²) in [6.45, 7) is 10.1. The van der Waals surface area contributed by atoms with Crippen molar-refractivity contribution in [3.05, 3.63) is 27.7 Å². The second kappa shape index (κ2) is 8.63. The molecule has 3 rings (SSSR count). The van der Waals surface area contributed by atoms with Crippen molar-refractivity contribution in [3.63, 3.8) is 0 Å². The lowest BCUT2D eigenvalue weighted by atomic mass is 10.1. The molecule has 0 radical (unpaired) electrons. The second-order valence-electron chi connectivity index (χ2n) is 4.63. The lowest BCUT2D eigenvalue weighted by molar-refractivity contribution is 0.729. The quantitative estimate of drug-likeness (QED) is 0.618. The number of thiazole rings is 1. The van der Waals surface area contributed by atoms with Gasteiger partial charge in [-0.2, -0.15) is 0 Å². The number of fused-ring (bicyclic) bond motifs is 1. The van der Waals surface area contributed by atoms with E-state index in [1.807, 2.05) is 33.8 Å². The fraction of sp³-hybridized carbons (Fsp3) is 0.588. The van der Waals surface area contributed by atoms with E-state index in [2.05, 4.69) is 18.0 Å². The SMILES string of the molecule is CC.CC.Cc1nc2c(CCC3CC3)cc(Cl)cc2s1. The Labute approximate surface area is 132 Å². The molecule has 20 heavy (non-hydrogen) atoms. The van der Waals surface area contributed by atoms with E-state index in [0.29, 0.717) is 0 Å². The topological polar surface area (TPSA) is 12.9 Å². The molecule has 0 N–H and O–H groups in total. The van der Waals surface area contributed by atoms with Gasteiger partial charge in [0.1, 0.15) is 0 Å². The van der Waals surface area contributed by atoms with E-state index in [1.165, 1.54) is 35.0 Å². The molecular weight excluding hydrogens is 286 g/mol. The lowest BCUT2D eigenvalue weighted by Crippen LogP contribution is -1.89. The molecule has 0 spiro atoms. The number of benzene rings is 1. The van der Waals surface area contributed by atoms with Crippen molar-refractivity contribution in [1.82, 2.24) is 4.98 Å². The van der Waals surface area contributed by atoms with Gasteiger partial charge >= 0.3 is 0 Å². The monoisotopic (exact) mass is 311 g/mol.